The Hall–Kier alpha value is -1.59. The van der Waals surface area contributed by atoms with Crippen molar-refractivity contribution < 1.29 is 15.3 Å². The molecule has 24 heavy (non-hydrogen) atoms. The number of hydrogen-bond acceptors (Lipinski definition) is 1. The zero-order chi connectivity index (χ0) is 16.5. The van der Waals surface area contributed by atoms with Crippen LogP contribution >= 0.6 is 11.6 Å². The van der Waals surface area contributed by atoms with Gasteiger partial charge in [-0.05, 0) is 24.3 Å². The SMILES string of the molecule is O[C@@H](Cn1c2ccccc2c2cc(Cl)ccc21)C[NH+]1CC[NH2+]CC1. The van der Waals surface area contributed by atoms with Crippen LogP contribution in [0.25, 0.3) is 21.8 Å². The number of fused-ring (bicyclic) bond motifs is 3. The molecule has 0 aliphatic carbocycles. The van der Waals surface area contributed by atoms with Gasteiger partial charge in [-0.15, -0.1) is 0 Å². The standard InChI is InChI=1S/C19H22ClN3O/c20-14-5-6-19-17(11-14)16-3-1-2-4-18(16)23(19)13-15(24)12-22-9-7-21-8-10-22/h1-6,11,15,21,24H,7-10,12-13H2/p+2/t15-/m1/s1. The van der Waals surface area contributed by atoms with E-state index in [2.05, 4.69) is 40.2 Å². The number of quaternary nitrogens is 2. The highest BCUT2D eigenvalue weighted by Gasteiger charge is 2.21. The number of piperazine rings is 1. The maximum atomic E-state index is 10.7. The molecule has 1 aliphatic rings. The number of hydrogen-bond donors (Lipinski definition) is 3. The third-order valence-corrected chi connectivity index (χ3v) is 5.29. The van der Waals surface area contributed by atoms with Crippen molar-refractivity contribution in [2.75, 3.05) is 32.7 Å². The van der Waals surface area contributed by atoms with Gasteiger partial charge >= 0.3 is 0 Å². The van der Waals surface area contributed by atoms with Crippen LogP contribution in [0.1, 0.15) is 0 Å². The Kier molecular flexibility index (Phi) is 4.46. The number of nitrogens with one attached hydrogen (secondary N) is 1. The first-order valence-electron chi connectivity index (χ1n) is 8.72. The minimum atomic E-state index is -0.340. The first kappa shape index (κ1) is 15.9. The summed E-state index contributed by atoms with van der Waals surface area (Å²) in [7, 11) is 0. The number of nitrogens with two attached hydrogens (primary N) is 1. The molecule has 2 aromatic carbocycles. The molecule has 0 unspecified atom stereocenters. The average molecular weight is 346 g/mol. The molecule has 4 nitrogen and oxygen atoms in total. The summed E-state index contributed by atoms with van der Waals surface area (Å²) in [6.45, 7) is 6.04. The Morgan fingerprint density at radius 1 is 1.08 bits per heavy atom. The Morgan fingerprint density at radius 2 is 1.83 bits per heavy atom. The number of rotatable bonds is 4. The van der Waals surface area contributed by atoms with Gasteiger partial charge in [0, 0.05) is 26.8 Å². The lowest BCUT2D eigenvalue weighted by atomic mass is 10.2. The van der Waals surface area contributed by atoms with Crippen LogP contribution < -0.4 is 10.2 Å². The zero-order valence-corrected chi connectivity index (χ0v) is 14.5. The lowest BCUT2D eigenvalue weighted by molar-refractivity contribution is -0.949. The summed E-state index contributed by atoms with van der Waals surface area (Å²) in [5, 5.41) is 16.1. The maximum absolute atomic E-state index is 10.7. The fourth-order valence-corrected chi connectivity index (χ4v) is 4.09. The van der Waals surface area contributed by atoms with Crippen molar-refractivity contribution in [1.29, 1.82) is 0 Å². The number of para-hydroxylation sites is 1. The van der Waals surface area contributed by atoms with E-state index < -0.39 is 0 Å². The Morgan fingerprint density at radius 3 is 2.67 bits per heavy atom. The van der Waals surface area contributed by atoms with Gasteiger partial charge in [0.25, 0.3) is 0 Å². The molecule has 0 bridgehead atoms. The summed E-state index contributed by atoms with van der Waals surface area (Å²) in [4.78, 5) is 1.51. The topological polar surface area (TPSA) is 46.2 Å². The van der Waals surface area contributed by atoms with Crippen LogP contribution in [0.3, 0.4) is 0 Å². The molecule has 0 saturated carbocycles. The second-order valence-corrected chi connectivity index (χ2v) is 7.20. The fourth-order valence-electron chi connectivity index (χ4n) is 3.92. The number of aromatic nitrogens is 1. The van der Waals surface area contributed by atoms with Gasteiger partial charge < -0.3 is 19.9 Å². The highest BCUT2D eigenvalue weighted by atomic mass is 35.5. The molecule has 2 heterocycles. The van der Waals surface area contributed by atoms with Crippen LogP contribution in [0.2, 0.25) is 5.02 Å². The smallest absolute Gasteiger partial charge is 0.127 e. The molecule has 3 aromatic rings. The molecule has 4 N–H and O–H groups in total. The number of halogens is 1. The van der Waals surface area contributed by atoms with E-state index >= 15 is 0 Å². The molecule has 1 saturated heterocycles. The average Bonchev–Trinajstić information content (AvgIpc) is 2.89. The quantitative estimate of drug-likeness (QED) is 0.624. The van der Waals surface area contributed by atoms with Crippen LogP contribution in [0.4, 0.5) is 0 Å². The van der Waals surface area contributed by atoms with Gasteiger partial charge in [0.2, 0.25) is 0 Å². The summed E-state index contributed by atoms with van der Waals surface area (Å²) in [6, 6.07) is 14.4. The normalized spacial score (nSPS) is 17.6. The van der Waals surface area contributed by atoms with E-state index in [-0.39, 0.29) is 6.10 Å². The van der Waals surface area contributed by atoms with E-state index in [1.165, 1.54) is 10.3 Å². The predicted molar refractivity (Wildman–Crippen MR) is 97.7 cm³/mol. The molecule has 1 aliphatic heterocycles. The third kappa shape index (κ3) is 3.03. The Labute approximate surface area is 146 Å². The third-order valence-electron chi connectivity index (χ3n) is 5.06. The highest BCUT2D eigenvalue weighted by Crippen LogP contribution is 2.31. The minimum absolute atomic E-state index is 0.340. The van der Waals surface area contributed by atoms with E-state index in [1.54, 1.807) is 0 Å². The van der Waals surface area contributed by atoms with Gasteiger partial charge in [-0.25, -0.2) is 0 Å². The van der Waals surface area contributed by atoms with Gasteiger partial charge in [0.1, 0.15) is 38.8 Å². The molecule has 0 spiro atoms. The zero-order valence-electron chi connectivity index (χ0n) is 13.7. The van der Waals surface area contributed by atoms with Gasteiger partial charge in [0.05, 0.1) is 6.54 Å². The van der Waals surface area contributed by atoms with Gasteiger partial charge in [-0.1, -0.05) is 29.8 Å². The number of nitrogens with zero attached hydrogens (tertiary/aromatic N) is 1. The summed E-state index contributed by atoms with van der Waals surface area (Å²) in [5.74, 6) is 0. The van der Waals surface area contributed by atoms with E-state index in [0.717, 1.165) is 54.2 Å². The largest absolute Gasteiger partial charge is 0.385 e. The van der Waals surface area contributed by atoms with Crippen molar-refractivity contribution in [2.24, 2.45) is 0 Å². The first-order valence-corrected chi connectivity index (χ1v) is 9.10. The van der Waals surface area contributed by atoms with Crippen molar-refractivity contribution >= 4 is 33.4 Å². The summed E-state index contributed by atoms with van der Waals surface area (Å²) in [5.41, 5.74) is 2.30. The van der Waals surface area contributed by atoms with Gasteiger partial charge in [0.15, 0.2) is 0 Å². The van der Waals surface area contributed by atoms with Gasteiger partial charge in [-0.2, -0.15) is 0 Å². The van der Waals surface area contributed by atoms with Crippen molar-refractivity contribution in [1.82, 2.24) is 4.57 Å². The monoisotopic (exact) mass is 345 g/mol. The number of aliphatic hydroxyl groups excluding tert-OH is 1. The predicted octanol–water partition coefficient (Wildman–Crippen LogP) is 0.271. The van der Waals surface area contributed by atoms with Crippen LogP contribution in [0.5, 0.6) is 0 Å². The first-order chi connectivity index (χ1) is 11.7. The molecular formula is C19H24ClN3O+2. The minimum Gasteiger partial charge on any atom is -0.385 e. The lowest BCUT2D eigenvalue weighted by Crippen LogP contribution is -3.21. The summed E-state index contributed by atoms with van der Waals surface area (Å²) < 4.78 is 2.24. The molecule has 1 atom stereocenters. The molecular weight excluding hydrogens is 322 g/mol. The molecule has 0 amide bonds. The van der Waals surface area contributed by atoms with E-state index in [9.17, 15) is 5.11 Å². The second kappa shape index (κ2) is 6.73. The summed E-state index contributed by atoms with van der Waals surface area (Å²) in [6.07, 6.45) is -0.340. The number of aliphatic hydroxyl groups is 1. The maximum Gasteiger partial charge on any atom is 0.127 e. The lowest BCUT2D eigenvalue weighted by Gasteiger charge is -2.25. The second-order valence-electron chi connectivity index (χ2n) is 6.76. The van der Waals surface area contributed by atoms with Crippen LogP contribution in [-0.2, 0) is 6.54 Å². The molecule has 0 radical (unpaired) electrons. The van der Waals surface area contributed by atoms with Gasteiger partial charge in [-0.3, -0.25) is 0 Å². The van der Waals surface area contributed by atoms with Crippen LogP contribution in [0, 0.1) is 0 Å². The Bertz CT molecular complexity index is 854. The number of benzene rings is 2. The summed E-state index contributed by atoms with van der Waals surface area (Å²) >= 11 is 6.20. The molecule has 1 fully saturated rings. The highest BCUT2D eigenvalue weighted by molar-refractivity contribution is 6.31. The Balaban J connectivity index is 1.67. The molecule has 5 heteroatoms. The van der Waals surface area contributed by atoms with Crippen molar-refractivity contribution in [2.45, 2.75) is 12.6 Å². The van der Waals surface area contributed by atoms with Crippen molar-refractivity contribution in [3.8, 4) is 0 Å². The molecule has 4 rings (SSSR count). The van der Waals surface area contributed by atoms with Crippen LogP contribution in [0.15, 0.2) is 42.5 Å². The fraction of sp³-hybridized carbons (Fsp3) is 0.368. The van der Waals surface area contributed by atoms with Crippen LogP contribution in [-0.4, -0.2) is 48.5 Å². The van der Waals surface area contributed by atoms with Crippen molar-refractivity contribution in [3.63, 3.8) is 0 Å². The van der Waals surface area contributed by atoms with E-state index in [1.807, 2.05) is 12.1 Å². The van der Waals surface area contributed by atoms with E-state index in [0.29, 0.717) is 6.54 Å². The molecule has 126 valence electrons. The molecule has 1 aromatic heterocycles. The van der Waals surface area contributed by atoms with E-state index in [4.69, 9.17) is 11.6 Å². The van der Waals surface area contributed by atoms with Crippen molar-refractivity contribution in [3.05, 3.63) is 47.5 Å².